The highest BCUT2D eigenvalue weighted by atomic mass is 32.2. The highest BCUT2D eigenvalue weighted by molar-refractivity contribution is 7.90. The average molecular weight is 310 g/mol. The van der Waals surface area contributed by atoms with Gasteiger partial charge in [-0.1, -0.05) is 0 Å². The number of nitro groups is 1. The summed E-state index contributed by atoms with van der Waals surface area (Å²) >= 11 is 0. The molecule has 1 rings (SSSR count). The lowest BCUT2D eigenvalue weighted by Crippen LogP contribution is -2.31. The number of primary sulfonamides is 1. The fraction of sp³-hybridized carbons (Fsp3) is 0.286. The van der Waals surface area contributed by atoms with Gasteiger partial charge < -0.3 is 10.1 Å². The first-order valence-electron chi connectivity index (χ1n) is 4.72. The normalized spacial score (nSPS) is 12.3. The largest absolute Gasteiger partial charge is 0.363 e. The van der Waals surface area contributed by atoms with Gasteiger partial charge in [0.25, 0.3) is 0 Å². The van der Waals surface area contributed by atoms with E-state index in [0.717, 1.165) is 18.3 Å². The summed E-state index contributed by atoms with van der Waals surface area (Å²) in [6.45, 7) is -0.405. The van der Waals surface area contributed by atoms with Gasteiger partial charge in [0.1, 0.15) is 4.90 Å². The van der Waals surface area contributed by atoms with Crippen LogP contribution in [0.25, 0.3) is 0 Å². The molecule has 0 amide bonds. The van der Waals surface area contributed by atoms with E-state index in [1.165, 1.54) is 0 Å². The van der Waals surface area contributed by atoms with Crippen LogP contribution in [0.2, 0.25) is 0 Å². The Bertz CT molecular complexity index is 666. The van der Waals surface area contributed by atoms with E-state index in [-0.39, 0.29) is 4.90 Å². The second-order valence-electron chi connectivity index (χ2n) is 3.37. The predicted octanol–water partition coefficient (Wildman–Crippen LogP) is -1.44. The number of rotatable bonds is 6. The van der Waals surface area contributed by atoms with Crippen LogP contribution >= 0.6 is 0 Å². The van der Waals surface area contributed by atoms with Crippen molar-refractivity contribution in [2.75, 3.05) is 12.3 Å². The van der Waals surface area contributed by atoms with Crippen molar-refractivity contribution < 1.29 is 21.8 Å². The Balaban J connectivity index is 2.80. The molecule has 0 spiro atoms. The highest BCUT2D eigenvalue weighted by Gasteiger charge is 2.18. The second-order valence-corrected chi connectivity index (χ2v) is 6.87. The van der Waals surface area contributed by atoms with Gasteiger partial charge in [-0.2, -0.15) is 0 Å². The van der Waals surface area contributed by atoms with Crippen LogP contribution in [-0.4, -0.2) is 39.0 Å². The molecule has 1 aromatic heterocycles. The number of hydrogen-bond donors (Lipinski definition) is 2. The standard InChI is InChI=1S/C7H10N4O6S2/c8-18(14,15)4-3-10-19(16,17)6-1-2-7(9-5-6)11(12)13/h1-2,5,10H,3-4H2,(H2,8,14,15). The zero-order valence-corrected chi connectivity index (χ0v) is 11.0. The van der Waals surface area contributed by atoms with Crippen molar-refractivity contribution in [3.8, 4) is 0 Å². The highest BCUT2D eigenvalue weighted by Crippen LogP contribution is 2.11. The first-order valence-corrected chi connectivity index (χ1v) is 7.92. The summed E-state index contributed by atoms with van der Waals surface area (Å²) in [6.07, 6.45) is 0.803. The molecule has 0 atom stereocenters. The number of hydrogen-bond acceptors (Lipinski definition) is 7. The minimum atomic E-state index is -3.98. The Morgan fingerprint density at radius 3 is 2.37 bits per heavy atom. The number of nitrogens with zero attached hydrogens (tertiary/aromatic N) is 2. The van der Waals surface area contributed by atoms with Gasteiger partial charge in [-0.3, -0.25) is 0 Å². The molecule has 0 radical (unpaired) electrons. The van der Waals surface area contributed by atoms with E-state index in [0.29, 0.717) is 0 Å². The van der Waals surface area contributed by atoms with Crippen LogP contribution in [0.3, 0.4) is 0 Å². The lowest BCUT2D eigenvalue weighted by atomic mass is 10.5. The molecule has 0 aliphatic heterocycles. The topological polar surface area (TPSA) is 162 Å². The summed E-state index contributed by atoms with van der Waals surface area (Å²) in [5.41, 5.74) is 0. The molecule has 1 heterocycles. The smallest absolute Gasteiger partial charge is 0.358 e. The first-order chi connectivity index (χ1) is 8.62. The Labute approximate surface area is 108 Å². The molecule has 12 heteroatoms. The zero-order chi connectivity index (χ0) is 14.7. The van der Waals surface area contributed by atoms with Gasteiger partial charge in [0.15, 0.2) is 6.20 Å². The molecule has 0 bridgehead atoms. The molecule has 3 N–H and O–H groups in total. The third kappa shape index (κ3) is 4.86. The Morgan fingerprint density at radius 2 is 1.95 bits per heavy atom. The van der Waals surface area contributed by atoms with Gasteiger partial charge in [-0.15, -0.1) is 0 Å². The maximum Gasteiger partial charge on any atom is 0.363 e. The van der Waals surface area contributed by atoms with E-state index in [1.807, 2.05) is 4.72 Å². The molecular weight excluding hydrogens is 300 g/mol. The molecule has 0 saturated carbocycles. The first kappa shape index (κ1) is 15.4. The lowest BCUT2D eigenvalue weighted by molar-refractivity contribution is -0.389. The average Bonchev–Trinajstić information content (AvgIpc) is 2.27. The summed E-state index contributed by atoms with van der Waals surface area (Å²) in [7, 11) is -7.76. The van der Waals surface area contributed by atoms with Gasteiger partial charge in [0.2, 0.25) is 20.0 Å². The summed E-state index contributed by atoms with van der Waals surface area (Å²) in [5, 5.41) is 15.0. The SMILES string of the molecule is NS(=O)(=O)CCNS(=O)(=O)c1ccc([N+](=O)[O-])nc1. The van der Waals surface area contributed by atoms with E-state index >= 15 is 0 Å². The van der Waals surface area contributed by atoms with Crippen LogP contribution in [0.1, 0.15) is 0 Å². The van der Waals surface area contributed by atoms with Crippen molar-refractivity contribution in [2.24, 2.45) is 5.14 Å². The maximum atomic E-state index is 11.6. The Hall–Kier alpha value is -1.63. The predicted molar refractivity (Wildman–Crippen MR) is 64.1 cm³/mol. The second kappa shape index (κ2) is 5.56. The molecule has 10 nitrogen and oxygen atoms in total. The van der Waals surface area contributed by atoms with Crippen LogP contribution in [0.5, 0.6) is 0 Å². The van der Waals surface area contributed by atoms with Crippen LogP contribution in [0.15, 0.2) is 23.2 Å². The quantitative estimate of drug-likeness (QED) is 0.479. The minimum absolute atomic E-state index is 0.312. The molecule has 19 heavy (non-hydrogen) atoms. The number of nitrogens with two attached hydrogens (primary N) is 1. The fourth-order valence-corrected chi connectivity index (χ4v) is 2.53. The van der Waals surface area contributed by atoms with Crippen LogP contribution in [0, 0.1) is 10.1 Å². The van der Waals surface area contributed by atoms with Crippen LogP contribution < -0.4 is 9.86 Å². The Kier molecular flexibility index (Phi) is 4.52. The molecule has 0 aliphatic carbocycles. The molecule has 1 aromatic rings. The lowest BCUT2D eigenvalue weighted by Gasteiger charge is -2.04. The molecule has 106 valence electrons. The van der Waals surface area contributed by atoms with Gasteiger partial charge in [0.05, 0.1) is 5.75 Å². The molecule has 0 aliphatic rings. The Morgan fingerprint density at radius 1 is 1.32 bits per heavy atom. The van der Waals surface area contributed by atoms with Crippen LogP contribution in [0.4, 0.5) is 5.82 Å². The van der Waals surface area contributed by atoms with E-state index in [9.17, 15) is 26.9 Å². The third-order valence-electron chi connectivity index (χ3n) is 1.90. The number of aromatic nitrogens is 1. The summed E-state index contributed by atoms with van der Waals surface area (Å²) in [5.74, 6) is -1.06. The van der Waals surface area contributed by atoms with E-state index in [2.05, 4.69) is 4.98 Å². The van der Waals surface area contributed by atoms with Gasteiger partial charge in [-0.05, 0) is 16.0 Å². The molecular formula is C7H10N4O6S2. The summed E-state index contributed by atoms with van der Waals surface area (Å²) in [6, 6.07) is 1.92. The fourth-order valence-electron chi connectivity index (χ4n) is 1.04. The van der Waals surface area contributed by atoms with Crippen molar-refractivity contribution >= 4 is 25.9 Å². The van der Waals surface area contributed by atoms with E-state index in [4.69, 9.17) is 5.14 Å². The minimum Gasteiger partial charge on any atom is -0.358 e. The van der Waals surface area contributed by atoms with E-state index in [1.54, 1.807) is 0 Å². The number of pyridine rings is 1. The third-order valence-corrected chi connectivity index (χ3v) is 4.12. The molecule has 0 fully saturated rings. The van der Waals surface area contributed by atoms with Crippen LogP contribution in [-0.2, 0) is 20.0 Å². The van der Waals surface area contributed by atoms with Crippen molar-refractivity contribution in [2.45, 2.75) is 4.90 Å². The van der Waals surface area contributed by atoms with Gasteiger partial charge in [0, 0.05) is 12.6 Å². The molecule has 0 aromatic carbocycles. The number of sulfonamides is 2. The van der Waals surface area contributed by atoms with Gasteiger partial charge >= 0.3 is 5.82 Å². The molecule has 0 saturated heterocycles. The monoisotopic (exact) mass is 310 g/mol. The van der Waals surface area contributed by atoms with Crippen molar-refractivity contribution in [1.82, 2.24) is 9.71 Å². The molecule has 0 unspecified atom stereocenters. The maximum absolute atomic E-state index is 11.6. The van der Waals surface area contributed by atoms with Crippen molar-refractivity contribution in [1.29, 1.82) is 0 Å². The van der Waals surface area contributed by atoms with Crippen molar-refractivity contribution in [3.05, 3.63) is 28.4 Å². The zero-order valence-electron chi connectivity index (χ0n) is 9.38. The van der Waals surface area contributed by atoms with Gasteiger partial charge in [-0.25, -0.2) is 26.7 Å². The summed E-state index contributed by atoms with van der Waals surface area (Å²) < 4.78 is 46.5. The summed E-state index contributed by atoms with van der Waals surface area (Å²) in [4.78, 5) is 12.6. The van der Waals surface area contributed by atoms with E-state index < -0.39 is 43.1 Å². The number of nitrogens with one attached hydrogen (secondary N) is 1. The van der Waals surface area contributed by atoms with Crippen molar-refractivity contribution in [3.63, 3.8) is 0 Å².